The number of benzene rings is 3. The summed E-state index contributed by atoms with van der Waals surface area (Å²) in [6.07, 6.45) is 1.53. The molecule has 2 N–H and O–H groups in total. The molecule has 7 nitrogen and oxygen atoms in total. The van der Waals surface area contributed by atoms with Crippen LogP contribution in [0.2, 0.25) is 0 Å². The van der Waals surface area contributed by atoms with Crippen LogP contribution in [0.25, 0.3) is 22.2 Å². The van der Waals surface area contributed by atoms with Gasteiger partial charge in [-0.1, -0.05) is 30.3 Å². The van der Waals surface area contributed by atoms with E-state index in [0.29, 0.717) is 39.2 Å². The molecule has 0 fully saturated rings. The summed E-state index contributed by atoms with van der Waals surface area (Å²) >= 11 is 3.47. The van der Waals surface area contributed by atoms with Crippen LogP contribution in [-0.2, 0) is 0 Å². The topological polar surface area (TPSA) is 93.0 Å². The molecule has 0 radical (unpaired) electrons. The minimum atomic E-state index is -0.395. The third-order valence-electron chi connectivity index (χ3n) is 5.00. The number of hydrogen-bond acceptors (Lipinski definition) is 6. The van der Waals surface area contributed by atoms with E-state index in [0.717, 1.165) is 10.0 Å². The molecule has 5 rings (SSSR count). The van der Waals surface area contributed by atoms with Gasteiger partial charge >= 0.3 is 0 Å². The number of halogens is 1. The zero-order chi connectivity index (χ0) is 22.1. The highest BCUT2D eigenvalue weighted by Crippen LogP contribution is 2.36. The maximum Gasteiger partial charge on any atom is 0.272 e. The normalized spacial score (nSPS) is 12.4. The number of nitrogens with one attached hydrogen (secondary N) is 1. The van der Waals surface area contributed by atoms with Crippen LogP contribution in [0.3, 0.4) is 0 Å². The first kappa shape index (κ1) is 20.0. The fraction of sp³-hybridized carbons (Fsp3) is 0.0417. The first-order valence-corrected chi connectivity index (χ1v) is 10.5. The number of ether oxygens (including phenoxy) is 2. The Balaban J connectivity index is 1.47. The van der Waals surface area contributed by atoms with Gasteiger partial charge in [0.25, 0.3) is 5.91 Å². The van der Waals surface area contributed by atoms with Crippen molar-refractivity contribution in [1.29, 1.82) is 0 Å². The maximum absolute atomic E-state index is 13.0. The summed E-state index contributed by atoms with van der Waals surface area (Å²) in [5.74, 6) is 0.965. The number of aromatic hydroxyl groups is 1. The van der Waals surface area contributed by atoms with Crippen molar-refractivity contribution >= 4 is 39.0 Å². The van der Waals surface area contributed by atoms with Crippen molar-refractivity contribution < 1.29 is 19.4 Å². The Hall–Kier alpha value is -3.91. The second-order valence-corrected chi connectivity index (χ2v) is 7.87. The summed E-state index contributed by atoms with van der Waals surface area (Å²) in [7, 11) is 0. The molecule has 1 amide bonds. The minimum absolute atomic E-state index is 0.0901. The SMILES string of the molecule is O=C(N/N=C/c1cc2c(cc1Br)OCO2)c1cc(-c2ccccc2O)nc2ccccc12. The molecular formula is C24H16BrN3O4. The van der Waals surface area contributed by atoms with Crippen molar-refractivity contribution in [2.24, 2.45) is 5.10 Å². The van der Waals surface area contributed by atoms with Gasteiger partial charge in [-0.3, -0.25) is 4.79 Å². The van der Waals surface area contributed by atoms with Gasteiger partial charge in [-0.25, -0.2) is 10.4 Å². The van der Waals surface area contributed by atoms with Crippen molar-refractivity contribution in [3.63, 3.8) is 0 Å². The Bertz CT molecular complexity index is 1390. The lowest BCUT2D eigenvalue weighted by Gasteiger charge is -2.10. The Morgan fingerprint density at radius 1 is 1.06 bits per heavy atom. The molecule has 1 aliphatic heterocycles. The third kappa shape index (κ3) is 3.76. The lowest BCUT2D eigenvalue weighted by atomic mass is 10.0. The molecule has 0 spiro atoms. The van der Waals surface area contributed by atoms with Gasteiger partial charge in [0, 0.05) is 21.0 Å². The molecule has 4 aromatic rings. The molecule has 2 heterocycles. The van der Waals surface area contributed by atoms with E-state index in [1.165, 1.54) is 6.21 Å². The lowest BCUT2D eigenvalue weighted by Crippen LogP contribution is -2.18. The van der Waals surface area contributed by atoms with Crippen molar-refractivity contribution in [1.82, 2.24) is 10.4 Å². The predicted octanol–water partition coefficient (Wildman–Crippen LogP) is 4.86. The average Bonchev–Trinajstić information content (AvgIpc) is 3.25. The second kappa shape index (κ2) is 8.32. The molecule has 3 aromatic carbocycles. The number of rotatable bonds is 4. The Labute approximate surface area is 191 Å². The van der Waals surface area contributed by atoms with Gasteiger partial charge in [-0.05, 0) is 52.3 Å². The third-order valence-corrected chi connectivity index (χ3v) is 5.69. The second-order valence-electron chi connectivity index (χ2n) is 7.02. The minimum Gasteiger partial charge on any atom is -0.507 e. The average molecular weight is 490 g/mol. The Kier molecular flexibility index (Phi) is 5.20. The van der Waals surface area contributed by atoms with Crippen molar-refractivity contribution in [2.45, 2.75) is 0 Å². The molecule has 0 atom stereocenters. The van der Waals surface area contributed by atoms with Crippen LogP contribution < -0.4 is 14.9 Å². The smallest absolute Gasteiger partial charge is 0.272 e. The zero-order valence-corrected chi connectivity index (χ0v) is 18.2. The maximum atomic E-state index is 13.0. The highest BCUT2D eigenvalue weighted by Gasteiger charge is 2.17. The first-order chi connectivity index (χ1) is 15.6. The number of carbonyl (C=O) groups is 1. The summed E-state index contributed by atoms with van der Waals surface area (Å²) < 4.78 is 11.5. The number of phenolic OH excluding ortho intramolecular Hbond substituents is 1. The number of phenols is 1. The summed E-state index contributed by atoms with van der Waals surface area (Å²) in [5.41, 5.74) is 5.38. The van der Waals surface area contributed by atoms with E-state index in [1.807, 2.05) is 24.3 Å². The van der Waals surface area contributed by atoms with Crippen LogP contribution in [0.1, 0.15) is 15.9 Å². The number of aromatic nitrogens is 1. The van der Waals surface area contributed by atoms with Gasteiger partial charge in [0.05, 0.1) is 23.0 Å². The summed E-state index contributed by atoms with van der Waals surface area (Å²) in [6, 6.07) is 19.4. The number of pyridine rings is 1. The molecular weight excluding hydrogens is 474 g/mol. The lowest BCUT2D eigenvalue weighted by molar-refractivity contribution is 0.0956. The number of hydrogen-bond donors (Lipinski definition) is 2. The van der Waals surface area contributed by atoms with Gasteiger partial charge < -0.3 is 14.6 Å². The molecule has 0 bridgehead atoms. The number of nitrogens with zero attached hydrogens (tertiary/aromatic N) is 2. The molecule has 0 saturated heterocycles. The molecule has 1 aromatic heterocycles. The van der Waals surface area contributed by atoms with Crippen LogP contribution in [0, 0.1) is 0 Å². The van der Waals surface area contributed by atoms with Crippen LogP contribution in [0.15, 0.2) is 76.3 Å². The van der Waals surface area contributed by atoms with Crippen LogP contribution in [0.4, 0.5) is 0 Å². The van der Waals surface area contributed by atoms with E-state index in [-0.39, 0.29) is 12.5 Å². The molecule has 1 aliphatic rings. The Morgan fingerprint density at radius 2 is 1.81 bits per heavy atom. The predicted molar refractivity (Wildman–Crippen MR) is 124 cm³/mol. The molecule has 0 saturated carbocycles. The van der Waals surface area contributed by atoms with Crippen LogP contribution in [-0.4, -0.2) is 29.0 Å². The van der Waals surface area contributed by atoms with Gasteiger partial charge in [-0.15, -0.1) is 0 Å². The van der Waals surface area contributed by atoms with E-state index in [4.69, 9.17) is 9.47 Å². The van der Waals surface area contributed by atoms with E-state index in [9.17, 15) is 9.90 Å². The van der Waals surface area contributed by atoms with E-state index < -0.39 is 5.91 Å². The number of fused-ring (bicyclic) bond motifs is 2. The first-order valence-electron chi connectivity index (χ1n) is 9.71. The number of hydrazone groups is 1. The fourth-order valence-electron chi connectivity index (χ4n) is 3.44. The molecule has 158 valence electrons. The Morgan fingerprint density at radius 3 is 2.66 bits per heavy atom. The number of para-hydroxylation sites is 2. The number of amides is 1. The van der Waals surface area contributed by atoms with E-state index in [2.05, 4.69) is 31.4 Å². The van der Waals surface area contributed by atoms with Crippen molar-refractivity contribution in [3.05, 3.63) is 82.3 Å². The van der Waals surface area contributed by atoms with E-state index >= 15 is 0 Å². The van der Waals surface area contributed by atoms with Crippen LogP contribution in [0.5, 0.6) is 17.2 Å². The molecule has 8 heteroatoms. The summed E-state index contributed by atoms with van der Waals surface area (Å²) in [4.78, 5) is 17.6. The molecule has 32 heavy (non-hydrogen) atoms. The number of carbonyl (C=O) groups excluding carboxylic acids is 1. The monoisotopic (exact) mass is 489 g/mol. The zero-order valence-electron chi connectivity index (χ0n) is 16.6. The summed E-state index contributed by atoms with van der Waals surface area (Å²) in [5, 5.41) is 15.0. The summed E-state index contributed by atoms with van der Waals surface area (Å²) in [6.45, 7) is 0.174. The van der Waals surface area contributed by atoms with Gasteiger partial charge in [-0.2, -0.15) is 5.10 Å². The molecule has 0 aliphatic carbocycles. The van der Waals surface area contributed by atoms with Crippen molar-refractivity contribution in [2.75, 3.05) is 6.79 Å². The van der Waals surface area contributed by atoms with Crippen molar-refractivity contribution in [3.8, 4) is 28.5 Å². The largest absolute Gasteiger partial charge is 0.507 e. The van der Waals surface area contributed by atoms with Gasteiger partial charge in [0.2, 0.25) is 6.79 Å². The van der Waals surface area contributed by atoms with E-state index in [1.54, 1.807) is 42.5 Å². The van der Waals surface area contributed by atoms with Gasteiger partial charge in [0.1, 0.15) is 5.75 Å². The fourth-order valence-corrected chi connectivity index (χ4v) is 3.87. The quantitative estimate of drug-likeness (QED) is 0.315. The highest BCUT2D eigenvalue weighted by molar-refractivity contribution is 9.10. The van der Waals surface area contributed by atoms with Gasteiger partial charge in [0.15, 0.2) is 11.5 Å². The van der Waals surface area contributed by atoms with Crippen LogP contribution >= 0.6 is 15.9 Å². The highest BCUT2D eigenvalue weighted by atomic mass is 79.9. The molecule has 0 unspecified atom stereocenters. The standard InChI is InChI=1S/C24H16BrN3O4/c25-18-11-23-22(31-13-32-23)9-14(18)12-26-28-24(30)17-10-20(16-6-2-4-8-21(16)29)27-19-7-3-1-5-15(17)19/h1-12,29H,13H2,(H,28,30)/b26-12+.